The number of rotatable bonds is 6. The largest absolute Gasteiger partial charge is 0.488 e. The van der Waals surface area contributed by atoms with Crippen LogP contribution in [0.2, 0.25) is 0 Å². The van der Waals surface area contributed by atoms with Gasteiger partial charge in [-0.05, 0) is 18.6 Å². The van der Waals surface area contributed by atoms with E-state index in [1.807, 2.05) is 6.92 Å². The monoisotopic (exact) mass is 244 g/mol. The number of aromatic carboxylic acids is 1. The van der Waals surface area contributed by atoms with Gasteiger partial charge < -0.3 is 9.84 Å². The van der Waals surface area contributed by atoms with Crippen LogP contribution < -0.4 is 4.74 Å². The van der Waals surface area contributed by atoms with Crippen molar-refractivity contribution in [1.29, 1.82) is 0 Å². The van der Waals surface area contributed by atoms with Crippen molar-refractivity contribution < 1.29 is 23.4 Å². The zero-order valence-corrected chi connectivity index (χ0v) is 9.50. The summed E-state index contributed by atoms with van der Waals surface area (Å²) in [6.45, 7) is 2.22. The second-order valence-corrected chi connectivity index (χ2v) is 3.63. The maximum atomic E-state index is 13.4. The topological polar surface area (TPSA) is 46.5 Å². The summed E-state index contributed by atoms with van der Waals surface area (Å²) in [5.41, 5.74) is -0.430. The molecule has 94 valence electrons. The molecule has 5 heteroatoms. The third kappa shape index (κ3) is 3.69. The zero-order valence-electron chi connectivity index (χ0n) is 9.50. The second kappa shape index (κ2) is 6.18. The highest BCUT2D eigenvalue weighted by molar-refractivity contribution is 5.87. The summed E-state index contributed by atoms with van der Waals surface area (Å²) in [5, 5.41) is 8.60. The molecule has 17 heavy (non-hydrogen) atoms. The van der Waals surface area contributed by atoms with Gasteiger partial charge in [0.15, 0.2) is 17.4 Å². The standard InChI is InChI=1S/C12H14F2O3/c1-2-3-4-5-17-11-9(13)6-8(12(15)16)7-10(11)14/h6-7H,2-5H2,1H3,(H,15,16). The molecule has 0 atom stereocenters. The first kappa shape index (κ1) is 13.4. The molecule has 0 bridgehead atoms. The lowest BCUT2D eigenvalue weighted by Gasteiger charge is -2.08. The van der Waals surface area contributed by atoms with Gasteiger partial charge >= 0.3 is 5.97 Å². The van der Waals surface area contributed by atoms with Gasteiger partial charge in [0, 0.05) is 0 Å². The van der Waals surface area contributed by atoms with Crippen molar-refractivity contribution in [2.24, 2.45) is 0 Å². The lowest BCUT2D eigenvalue weighted by Crippen LogP contribution is -2.04. The highest BCUT2D eigenvalue weighted by atomic mass is 19.1. The number of carbonyl (C=O) groups is 1. The minimum Gasteiger partial charge on any atom is -0.488 e. The Labute approximate surface area is 98.0 Å². The molecule has 3 nitrogen and oxygen atoms in total. The van der Waals surface area contributed by atoms with Crippen LogP contribution in [0.25, 0.3) is 0 Å². The molecule has 0 amide bonds. The normalized spacial score (nSPS) is 10.3. The Kier molecular flexibility index (Phi) is 4.87. The molecule has 0 fully saturated rings. The van der Waals surface area contributed by atoms with Gasteiger partial charge in [-0.1, -0.05) is 19.8 Å². The zero-order chi connectivity index (χ0) is 12.8. The van der Waals surface area contributed by atoms with Crippen LogP contribution in [0.4, 0.5) is 8.78 Å². The predicted octanol–water partition coefficient (Wildman–Crippen LogP) is 3.23. The molecule has 0 unspecified atom stereocenters. The number of unbranched alkanes of at least 4 members (excludes halogenated alkanes) is 2. The fraction of sp³-hybridized carbons (Fsp3) is 0.417. The van der Waals surface area contributed by atoms with Crippen molar-refractivity contribution >= 4 is 5.97 Å². The Morgan fingerprint density at radius 2 is 1.88 bits per heavy atom. The molecule has 0 spiro atoms. The maximum absolute atomic E-state index is 13.4. The number of hydrogen-bond donors (Lipinski definition) is 1. The van der Waals surface area contributed by atoms with E-state index < -0.39 is 28.9 Å². The summed E-state index contributed by atoms with van der Waals surface area (Å²) < 4.78 is 31.7. The molecular formula is C12H14F2O3. The van der Waals surface area contributed by atoms with E-state index >= 15 is 0 Å². The van der Waals surface area contributed by atoms with Gasteiger partial charge in [-0.25, -0.2) is 13.6 Å². The van der Waals surface area contributed by atoms with E-state index in [0.29, 0.717) is 6.42 Å². The number of ether oxygens (including phenoxy) is 1. The molecule has 0 saturated carbocycles. The van der Waals surface area contributed by atoms with Crippen LogP contribution in [0.3, 0.4) is 0 Å². The van der Waals surface area contributed by atoms with E-state index in [9.17, 15) is 13.6 Å². The van der Waals surface area contributed by atoms with Gasteiger partial charge in [-0.3, -0.25) is 0 Å². The van der Waals surface area contributed by atoms with Crippen LogP contribution in [-0.2, 0) is 0 Å². The lowest BCUT2D eigenvalue weighted by atomic mass is 10.2. The first-order chi connectivity index (χ1) is 8.06. The van der Waals surface area contributed by atoms with Crippen molar-refractivity contribution in [3.8, 4) is 5.75 Å². The SMILES string of the molecule is CCCCCOc1c(F)cc(C(=O)O)cc1F. The predicted molar refractivity (Wildman–Crippen MR) is 58.3 cm³/mol. The summed E-state index contributed by atoms with van der Waals surface area (Å²) >= 11 is 0. The minimum absolute atomic E-state index is 0.216. The summed E-state index contributed by atoms with van der Waals surface area (Å²) in [7, 11) is 0. The van der Waals surface area contributed by atoms with Gasteiger partial charge in [-0.15, -0.1) is 0 Å². The van der Waals surface area contributed by atoms with Crippen molar-refractivity contribution in [1.82, 2.24) is 0 Å². The van der Waals surface area contributed by atoms with Crippen LogP contribution in [0.15, 0.2) is 12.1 Å². The molecule has 0 aromatic heterocycles. The molecule has 0 aliphatic carbocycles. The Morgan fingerprint density at radius 3 is 2.35 bits per heavy atom. The Bertz CT molecular complexity index is 382. The van der Waals surface area contributed by atoms with Crippen molar-refractivity contribution in [2.45, 2.75) is 26.2 Å². The fourth-order valence-electron chi connectivity index (χ4n) is 1.35. The van der Waals surface area contributed by atoms with Crippen molar-refractivity contribution in [3.63, 3.8) is 0 Å². The lowest BCUT2D eigenvalue weighted by molar-refractivity contribution is 0.0695. The number of halogens is 2. The van der Waals surface area contributed by atoms with Gasteiger partial charge in [-0.2, -0.15) is 0 Å². The van der Waals surface area contributed by atoms with E-state index in [2.05, 4.69) is 0 Å². The summed E-state index contributed by atoms with van der Waals surface area (Å²) in [4.78, 5) is 10.5. The molecule has 0 saturated heterocycles. The van der Waals surface area contributed by atoms with E-state index in [1.54, 1.807) is 0 Å². The van der Waals surface area contributed by atoms with Crippen molar-refractivity contribution in [3.05, 3.63) is 29.3 Å². The molecule has 1 rings (SSSR count). The van der Waals surface area contributed by atoms with Crippen LogP contribution in [-0.4, -0.2) is 17.7 Å². The molecular weight excluding hydrogens is 230 g/mol. The van der Waals surface area contributed by atoms with E-state index in [-0.39, 0.29) is 6.61 Å². The molecule has 0 aliphatic heterocycles. The molecule has 1 aromatic rings. The first-order valence-corrected chi connectivity index (χ1v) is 5.41. The van der Waals surface area contributed by atoms with E-state index in [4.69, 9.17) is 9.84 Å². The molecule has 0 heterocycles. The molecule has 1 aromatic carbocycles. The third-order valence-electron chi connectivity index (χ3n) is 2.24. The Morgan fingerprint density at radius 1 is 1.29 bits per heavy atom. The average molecular weight is 244 g/mol. The Hall–Kier alpha value is -1.65. The van der Waals surface area contributed by atoms with Crippen molar-refractivity contribution in [2.75, 3.05) is 6.61 Å². The highest BCUT2D eigenvalue weighted by Gasteiger charge is 2.15. The van der Waals surface area contributed by atoms with Crippen LogP contribution >= 0.6 is 0 Å². The van der Waals surface area contributed by atoms with Crippen LogP contribution in [0, 0.1) is 11.6 Å². The minimum atomic E-state index is -1.37. The van der Waals surface area contributed by atoms with Gasteiger partial charge in [0.25, 0.3) is 0 Å². The smallest absolute Gasteiger partial charge is 0.335 e. The molecule has 1 N–H and O–H groups in total. The van der Waals surface area contributed by atoms with Gasteiger partial charge in [0.1, 0.15) is 0 Å². The van der Waals surface area contributed by atoms with Gasteiger partial charge in [0.05, 0.1) is 12.2 Å². The summed E-state index contributed by atoms with van der Waals surface area (Å²) in [6.07, 6.45) is 2.60. The van der Waals surface area contributed by atoms with Gasteiger partial charge in [0.2, 0.25) is 0 Å². The van der Waals surface area contributed by atoms with E-state index in [1.165, 1.54) is 0 Å². The maximum Gasteiger partial charge on any atom is 0.335 e. The average Bonchev–Trinajstić information content (AvgIpc) is 2.26. The number of hydrogen-bond acceptors (Lipinski definition) is 2. The highest BCUT2D eigenvalue weighted by Crippen LogP contribution is 2.23. The first-order valence-electron chi connectivity index (χ1n) is 5.41. The number of benzene rings is 1. The second-order valence-electron chi connectivity index (χ2n) is 3.63. The summed E-state index contributed by atoms with van der Waals surface area (Å²) in [6, 6.07) is 1.50. The van der Waals surface area contributed by atoms with Crippen LogP contribution in [0.5, 0.6) is 5.75 Å². The number of carboxylic acids is 1. The summed E-state index contributed by atoms with van der Waals surface area (Å²) in [5.74, 6) is -3.86. The Balaban J connectivity index is 2.76. The molecule has 0 radical (unpaired) electrons. The van der Waals surface area contributed by atoms with E-state index in [0.717, 1.165) is 25.0 Å². The number of carboxylic acid groups (broad SMARTS) is 1. The third-order valence-corrected chi connectivity index (χ3v) is 2.24. The fourth-order valence-corrected chi connectivity index (χ4v) is 1.35. The molecule has 0 aliphatic rings. The van der Waals surface area contributed by atoms with Crippen LogP contribution in [0.1, 0.15) is 36.5 Å². The quantitative estimate of drug-likeness (QED) is 0.781.